The summed E-state index contributed by atoms with van der Waals surface area (Å²) < 4.78 is 24.3. The highest BCUT2D eigenvalue weighted by Crippen LogP contribution is 2.19. The predicted molar refractivity (Wildman–Crippen MR) is 65.7 cm³/mol. The molecular formula is C10H17ClN2O2S. The Morgan fingerprint density at radius 1 is 1.38 bits per heavy atom. The fraction of sp³-hybridized carbons (Fsp3) is 0.700. The summed E-state index contributed by atoms with van der Waals surface area (Å²) in [4.78, 5) is 0. The predicted octanol–water partition coefficient (Wildman–Crippen LogP) is 1.84. The lowest BCUT2D eigenvalue weighted by Crippen LogP contribution is -2.15. The molecule has 1 aromatic rings. The van der Waals surface area contributed by atoms with Gasteiger partial charge in [-0.25, -0.2) is 8.42 Å². The number of nitrogens with zero attached hydrogens (tertiary/aromatic N) is 2. The summed E-state index contributed by atoms with van der Waals surface area (Å²) in [5.41, 5.74) is 1.87. The molecule has 0 saturated carbocycles. The first kappa shape index (κ1) is 13.5. The lowest BCUT2D eigenvalue weighted by atomic mass is 10.2. The van der Waals surface area contributed by atoms with Gasteiger partial charge in [0.15, 0.2) is 9.84 Å². The molecule has 0 aromatic carbocycles. The van der Waals surface area contributed by atoms with Crippen LogP contribution in [0.5, 0.6) is 0 Å². The average Bonchev–Trinajstić information content (AvgIpc) is 2.53. The summed E-state index contributed by atoms with van der Waals surface area (Å²) in [7, 11) is -2.96. The van der Waals surface area contributed by atoms with E-state index in [0.29, 0.717) is 11.7 Å². The summed E-state index contributed by atoms with van der Waals surface area (Å²) in [5, 5.41) is 4.83. The van der Waals surface area contributed by atoms with Gasteiger partial charge in [0.1, 0.15) is 5.15 Å². The number of sulfone groups is 1. The second-order valence-corrected chi connectivity index (χ2v) is 6.51. The van der Waals surface area contributed by atoms with Crippen LogP contribution < -0.4 is 0 Å². The minimum atomic E-state index is -2.96. The highest BCUT2D eigenvalue weighted by Gasteiger charge is 2.13. The lowest BCUT2D eigenvalue weighted by Gasteiger charge is -2.03. The molecule has 0 fully saturated rings. The Bertz CT molecular complexity index is 465. The van der Waals surface area contributed by atoms with Gasteiger partial charge in [-0.3, -0.25) is 4.68 Å². The average molecular weight is 265 g/mol. The van der Waals surface area contributed by atoms with Crippen LogP contribution >= 0.6 is 11.6 Å². The summed E-state index contributed by atoms with van der Waals surface area (Å²) in [6.07, 6.45) is 0.805. The molecule has 0 amide bonds. The number of hydrogen-bond donors (Lipinski definition) is 0. The summed E-state index contributed by atoms with van der Waals surface area (Å²) in [5.74, 6) is 0.249. The first-order valence-corrected chi connectivity index (χ1v) is 7.53. The number of hydrogen-bond acceptors (Lipinski definition) is 3. The van der Waals surface area contributed by atoms with Gasteiger partial charge in [0.25, 0.3) is 0 Å². The van der Waals surface area contributed by atoms with E-state index in [1.807, 2.05) is 13.8 Å². The Labute approximate surface area is 102 Å². The molecule has 0 bridgehead atoms. The first-order chi connectivity index (χ1) is 7.41. The molecule has 0 unspecified atom stereocenters. The zero-order chi connectivity index (χ0) is 12.3. The molecule has 92 valence electrons. The van der Waals surface area contributed by atoms with Gasteiger partial charge in [0.05, 0.1) is 18.0 Å². The molecule has 0 radical (unpaired) electrons. The van der Waals surface area contributed by atoms with Crippen LogP contribution in [-0.4, -0.2) is 29.7 Å². The molecule has 0 spiro atoms. The van der Waals surface area contributed by atoms with E-state index in [1.54, 1.807) is 11.6 Å². The Balaban J connectivity index is 2.83. The third-order valence-corrected chi connectivity index (χ3v) is 4.76. The summed E-state index contributed by atoms with van der Waals surface area (Å²) >= 11 is 6.07. The van der Waals surface area contributed by atoms with E-state index < -0.39 is 9.84 Å². The zero-order valence-electron chi connectivity index (χ0n) is 9.83. The van der Waals surface area contributed by atoms with Crippen molar-refractivity contribution in [3.63, 3.8) is 0 Å². The minimum Gasteiger partial charge on any atom is -0.252 e. The second-order valence-electron chi connectivity index (χ2n) is 3.68. The van der Waals surface area contributed by atoms with E-state index >= 15 is 0 Å². The maximum atomic E-state index is 11.4. The van der Waals surface area contributed by atoms with Crippen molar-refractivity contribution < 1.29 is 8.42 Å². The van der Waals surface area contributed by atoms with Crippen molar-refractivity contribution >= 4 is 21.4 Å². The van der Waals surface area contributed by atoms with Crippen molar-refractivity contribution in [1.29, 1.82) is 0 Å². The van der Waals surface area contributed by atoms with Crippen LogP contribution in [0.2, 0.25) is 5.15 Å². The van der Waals surface area contributed by atoms with Crippen LogP contribution in [0.3, 0.4) is 0 Å². The maximum absolute atomic E-state index is 11.4. The highest BCUT2D eigenvalue weighted by atomic mass is 35.5. The lowest BCUT2D eigenvalue weighted by molar-refractivity contribution is 0.580. The molecule has 1 heterocycles. The topological polar surface area (TPSA) is 52.0 Å². The number of aryl methyl sites for hydroxylation is 2. The molecule has 1 aromatic heterocycles. The van der Waals surface area contributed by atoms with Gasteiger partial charge in [-0.15, -0.1) is 0 Å². The molecule has 0 saturated heterocycles. The van der Waals surface area contributed by atoms with E-state index in [2.05, 4.69) is 5.10 Å². The van der Waals surface area contributed by atoms with Crippen LogP contribution in [0.4, 0.5) is 0 Å². The number of rotatable bonds is 5. The third kappa shape index (κ3) is 2.98. The van der Waals surface area contributed by atoms with E-state index in [-0.39, 0.29) is 11.5 Å². The van der Waals surface area contributed by atoms with E-state index in [9.17, 15) is 8.42 Å². The Kier molecular flexibility index (Phi) is 4.38. The van der Waals surface area contributed by atoms with Crippen molar-refractivity contribution in [1.82, 2.24) is 9.78 Å². The molecule has 0 aliphatic heterocycles. The Morgan fingerprint density at radius 3 is 2.44 bits per heavy atom. The quantitative estimate of drug-likeness (QED) is 0.816. The van der Waals surface area contributed by atoms with Crippen LogP contribution in [0, 0.1) is 6.92 Å². The zero-order valence-corrected chi connectivity index (χ0v) is 11.4. The maximum Gasteiger partial charge on any atom is 0.151 e. The van der Waals surface area contributed by atoms with Crippen molar-refractivity contribution in [3.05, 3.63) is 16.4 Å². The third-order valence-electron chi connectivity index (χ3n) is 2.60. The van der Waals surface area contributed by atoms with Crippen molar-refractivity contribution in [3.8, 4) is 0 Å². The van der Waals surface area contributed by atoms with E-state index in [0.717, 1.165) is 17.7 Å². The number of aromatic nitrogens is 2. The standard InChI is InChI=1S/C10H17ClN2O2S/c1-4-9-8(3)10(11)13(12-9)6-7-16(14,15)5-2/h4-7H2,1-3H3. The van der Waals surface area contributed by atoms with Crippen molar-refractivity contribution in [2.24, 2.45) is 0 Å². The largest absolute Gasteiger partial charge is 0.252 e. The van der Waals surface area contributed by atoms with Gasteiger partial charge in [-0.2, -0.15) is 5.10 Å². The van der Waals surface area contributed by atoms with Gasteiger partial charge in [-0.1, -0.05) is 25.4 Å². The Morgan fingerprint density at radius 2 is 2.00 bits per heavy atom. The van der Waals surface area contributed by atoms with Crippen LogP contribution in [0.25, 0.3) is 0 Å². The van der Waals surface area contributed by atoms with E-state index in [4.69, 9.17) is 11.6 Å². The molecular weight excluding hydrogens is 248 g/mol. The van der Waals surface area contributed by atoms with Gasteiger partial charge in [-0.05, 0) is 13.3 Å². The molecule has 6 heteroatoms. The molecule has 4 nitrogen and oxygen atoms in total. The Hall–Kier alpha value is -0.550. The van der Waals surface area contributed by atoms with E-state index in [1.165, 1.54) is 0 Å². The van der Waals surface area contributed by atoms with Crippen LogP contribution in [-0.2, 0) is 22.8 Å². The summed E-state index contributed by atoms with van der Waals surface area (Å²) in [6, 6.07) is 0. The molecule has 0 aliphatic rings. The van der Waals surface area contributed by atoms with Crippen LogP contribution in [0.1, 0.15) is 25.1 Å². The van der Waals surface area contributed by atoms with Gasteiger partial charge < -0.3 is 0 Å². The van der Waals surface area contributed by atoms with Gasteiger partial charge >= 0.3 is 0 Å². The monoisotopic (exact) mass is 264 g/mol. The fourth-order valence-electron chi connectivity index (χ4n) is 1.43. The van der Waals surface area contributed by atoms with Crippen LogP contribution in [0.15, 0.2) is 0 Å². The molecule has 16 heavy (non-hydrogen) atoms. The van der Waals surface area contributed by atoms with Gasteiger partial charge in [0.2, 0.25) is 0 Å². The molecule has 0 aliphatic carbocycles. The smallest absolute Gasteiger partial charge is 0.151 e. The fourth-order valence-corrected chi connectivity index (χ4v) is 2.40. The highest BCUT2D eigenvalue weighted by molar-refractivity contribution is 7.91. The normalized spacial score (nSPS) is 12.0. The number of halogens is 1. The van der Waals surface area contributed by atoms with Gasteiger partial charge in [0, 0.05) is 11.3 Å². The summed E-state index contributed by atoms with van der Waals surface area (Å²) in [6.45, 7) is 5.87. The second kappa shape index (κ2) is 5.19. The molecule has 0 atom stereocenters. The first-order valence-electron chi connectivity index (χ1n) is 5.33. The molecule has 1 rings (SSSR count). The molecule has 0 N–H and O–H groups in total. The SMILES string of the molecule is CCc1nn(CCS(=O)(=O)CC)c(Cl)c1C. The van der Waals surface area contributed by atoms with Crippen molar-refractivity contribution in [2.45, 2.75) is 33.7 Å². The van der Waals surface area contributed by atoms with Crippen molar-refractivity contribution in [2.75, 3.05) is 11.5 Å². The minimum absolute atomic E-state index is 0.0908.